The molecule has 0 bridgehead atoms. The van der Waals surface area contributed by atoms with Crippen LogP contribution >= 0.6 is 0 Å². The first-order chi connectivity index (χ1) is 7.60. The van der Waals surface area contributed by atoms with E-state index in [0.29, 0.717) is 11.8 Å². The van der Waals surface area contributed by atoms with Crippen molar-refractivity contribution in [1.29, 1.82) is 0 Å². The van der Waals surface area contributed by atoms with Gasteiger partial charge in [-0.1, -0.05) is 52.4 Å². The SMILES string of the molecule is CCCC(CCC)C([NH-])[C@@H]1C[C@@H](C)C[C@H]1N.[Ac]. The number of nitrogens with two attached hydrogens (primary N) is 1. The molecule has 0 aromatic rings. The van der Waals surface area contributed by atoms with Gasteiger partial charge in [0.25, 0.3) is 0 Å². The van der Waals surface area contributed by atoms with Gasteiger partial charge in [-0.05, 0) is 24.7 Å². The Labute approximate surface area is 143 Å². The Hall–Kier alpha value is 1.36. The molecule has 1 unspecified atom stereocenters. The molecule has 1 aliphatic carbocycles. The van der Waals surface area contributed by atoms with Crippen LogP contribution in [0.15, 0.2) is 0 Å². The number of nitrogens with one attached hydrogen (secondary N) is 1. The first-order valence-corrected chi connectivity index (χ1v) is 7.06. The standard InChI is InChI=1S/C14H29N2.Ac/c1-4-6-11(7-5-2)14(16)12-8-10(3)9-13(12)15;/h10-14,16H,4-9,15H2,1-3H3;/q-1;/t10-,12-,13-,14?;/m1./s1. The second-order valence-corrected chi connectivity index (χ2v) is 5.77. The summed E-state index contributed by atoms with van der Waals surface area (Å²) in [5, 5.41) is 0. The van der Waals surface area contributed by atoms with E-state index in [1.807, 2.05) is 0 Å². The van der Waals surface area contributed by atoms with Gasteiger partial charge in [0.2, 0.25) is 0 Å². The Balaban J connectivity index is 0.00000256. The molecule has 99 valence electrons. The maximum atomic E-state index is 8.47. The predicted molar refractivity (Wildman–Crippen MR) is 71.3 cm³/mol. The molecule has 1 aliphatic rings. The molecule has 0 aromatic carbocycles. The van der Waals surface area contributed by atoms with E-state index in [1.165, 1.54) is 32.1 Å². The van der Waals surface area contributed by atoms with E-state index >= 15 is 0 Å². The fourth-order valence-electron chi connectivity index (χ4n) is 3.38. The van der Waals surface area contributed by atoms with Crippen molar-refractivity contribution in [2.24, 2.45) is 23.5 Å². The summed E-state index contributed by atoms with van der Waals surface area (Å²) in [6.45, 7) is 6.74. The molecule has 2 nitrogen and oxygen atoms in total. The van der Waals surface area contributed by atoms with Crippen molar-refractivity contribution in [3.8, 4) is 0 Å². The van der Waals surface area contributed by atoms with Crippen molar-refractivity contribution in [3.05, 3.63) is 5.73 Å². The third kappa shape index (κ3) is 5.47. The second-order valence-electron chi connectivity index (χ2n) is 5.77. The molecule has 0 heterocycles. The Bertz CT molecular complexity index is 193. The second kappa shape index (κ2) is 9.29. The van der Waals surface area contributed by atoms with Crippen LogP contribution in [0.25, 0.3) is 5.73 Å². The molecule has 0 aromatic heterocycles. The molecule has 17 heavy (non-hydrogen) atoms. The quantitative estimate of drug-likeness (QED) is 0.651. The zero-order valence-electron chi connectivity index (χ0n) is 11.8. The van der Waals surface area contributed by atoms with E-state index in [9.17, 15) is 0 Å². The summed E-state index contributed by atoms with van der Waals surface area (Å²) in [6, 6.07) is 0.369. The van der Waals surface area contributed by atoms with Gasteiger partial charge in [0.05, 0.1) is 0 Å². The summed E-state index contributed by atoms with van der Waals surface area (Å²) in [7, 11) is 0. The average molecular weight is 452 g/mol. The average Bonchev–Trinajstić information content (AvgIpc) is 2.56. The first kappa shape index (κ1) is 18.4. The minimum Gasteiger partial charge on any atom is -0.674 e. The van der Waals surface area contributed by atoms with E-state index in [1.54, 1.807) is 0 Å². The van der Waals surface area contributed by atoms with Crippen molar-refractivity contribution in [3.63, 3.8) is 0 Å². The molecule has 4 atom stereocenters. The molecule has 3 N–H and O–H groups in total. The van der Waals surface area contributed by atoms with Gasteiger partial charge in [-0.2, -0.15) is 0 Å². The zero-order chi connectivity index (χ0) is 12.1. The smallest absolute Gasteiger partial charge is 0.00559 e. The largest absolute Gasteiger partial charge is 0.674 e. The third-order valence-electron chi connectivity index (χ3n) is 4.19. The van der Waals surface area contributed by atoms with Gasteiger partial charge >= 0.3 is 0 Å². The van der Waals surface area contributed by atoms with Crippen LogP contribution in [0, 0.1) is 61.8 Å². The number of hydrogen-bond donors (Lipinski definition) is 1. The van der Waals surface area contributed by atoms with Crippen LogP contribution in [0.5, 0.6) is 0 Å². The van der Waals surface area contributed by atoms with Crippen LogP contribution in [0.3, 0.4) is 0 Å². The van der Waals surface area contributed by atoms with Crippen LogP contribution in [0.1, 0.15) is 59.3 Å². The molecular formula is C14H29AcN2-. The van der Waals surface area contributed by atoms with Crippen LogP contribution in [0.2, 0.25) is 0 Å². The fourth-order valence-corrected chi connectivity index (χ4v) is 3.38. The van der Waals surface area contributed by atoms with Gasteiger partial charge in [0, 0.05) is 50.1 Å². The van der Waals surface area contributed by atoms with Crippen LogP contribution in [-0.4, -0.2) is 12.1 Å². The summed E-state index contributed by atoms with van der Waals surface area (Å²) in [4.78, 5) is 0. The molecular weight excluding hydrogens is 423 g/mol. The molecule has 3 heteroatoms. The van der Waals surface area contributed by atoms with E-state index in [0.717, 1.165) is 12.3 Å². The topological polar surface area (TPSA) is 49.8 Å². The van der Waals surface area contributed by atoms with Gasteiger partial charge in [0.1, 0.15) is 0 Å². The number of hydrogen-bond acceptors (Lipinski definition) is 1. The van der Waals surface area contributed by atoms with Crippen molar-refractivity contribution in [1.82, 2.24) is 0 Å². The molecule has 1 radical (unpaired) electrons. The van der Waals surface area contributed by atoms with Crippen LogP contribution < -0.4 is 5.73 Å². The summed E-state index contributed by atoms with van der Waals surface area (Å²) < 4.78 is 0. The van der Waals surface area contributed by atoms with E-state index in [4.69, 9.17) is 11.5 Å². The van der Waals surface area contributed by atoms with Crippen molar-refractivity contribution in [2.45, 2.75) is 71.4 Å². The monoisotopic (exact) mass is 452 g/mol. The van der Waals surface area contributed by atoms with E-state index in [2.05, 4.69) is 20.8 Å². The third-order valence-corrected chi connectivity index (χ3v) is 4.19. The van der Waals surface area contributed by atoms with E-state index < -0.39 is 0 Å². The predicted octanol–water partition coefficient (Wildman–Crippen LogP) is 4.00. The van der Waals surface area contributed by atoms with Gasteiger partial charge < -0.3 is 11.5 Å². The summed E-state index contributed by atoms with van der Waals surface area (Å²) in [6.07, 6.45) is 7.14. The van der Waals surface area contributed by atoms with Crippen molar-refractivity contribution < 1.29 is 44.1 Å². The first-order valence-electron chi connectivity index (χ1n) is 7.06. The maximum absolute atomic E-state index is 8.47. The molecule has 1 fully saturated rings. The Kier molecular flexibility index (Phi) is 10.0. The molecule has 0 spiro atoms. The van der Waals surface area contributed by atoms with Gasteiger partial charge in [0.15, 0.2) is 0 Å². The minimum atomic E-state index is 0. The van der Waals surface area contributed by atoms with Gasteiger partial charge in [-0.3, -0.25) is 0 Å². The van der Waals surface area contributed by atoms with Crippen LogP contribution in [0.4, 0.5) is 0 Å². The van der Waals surface area contributed by atoms with Crippen LogP contribution in [-0.2, 0) is 0 Å². The number of rotatable bonds is 6. The molecule has 0 aliphatic heterocycles. The summed E-state index contributed by atoms with van der Waals surface area (Å²) in [5.74, 6) is 1.77. The Morgan fingerprint density at radius 3 is 2.06 bits per heavy atom. The summed E-state index contributed by atoms with van der Waals surface area (Å²) in [5.41, 5.74) is 14.7. The maximum Gasteiger partial charge on any atom is 0.00559 e. The zero-order valence-corrected chi connectivity index (χ0v) is 16.5. The van der Waals surface area contributed by atoms with Crippen molar-refractivity contribution in [2.75, 3.05) is 0 Å². The molecule has 1 saturated carbocycles. The molecule has 0 amide bonds. The molecule has 1 rings (SSSR count). The Morgan fingerprint density at radius 1 is 1.18 bits per heavy atom. The summed E-state index contributed by atoms with van der Waals surface area (Å²) >= 11 is 0. The van der Waals surface area contributed by atoms with Gasteiger partial charge in [-0.25, -0.2) is 0 Å². The Morgan fingerprint density at radius 2 is 1.71 bits per heavy atom. The fraction of sp³-hybridized carbons (Fsp3) is 1.00. The minimum absolute atomic E-state index is 0. The molecule has 0 saturated heterocycles. The van der Waals surface area contributed by atoms with E-state index in [-0.39, 0.29) is 56.1 Å². The van der Waals surface area contributed by atoms with Crippen molar-refractivity contribution >= 4 is 0 Å². The normalized spacial score (nSPS) is 30.4. The van der Waals surface area contributed by atoms with Gasteiger partial charge in [-0.15, -0.1) is 6.04 Å².